The zero-order chi connectivity index (χ0) is 24.8. The molecule has 1 N–H and O–H groups in total. The second kappa shape index (κ2) is 15.0. The van der Waals surface area contributed by atoms with Gasteiger partial charge in [-0.1, -0.05) is 55.8 Å². The molecule has 34 heavy (non-hydrogen) atoms. The van der Waals surface area contributed by atoms with E-state index < -0.39 is 11.4 Å². The van der Waals surface area contributed by atoms with Crippen molar-refractivity contribution in [1.82, 2.24) is 5.32 Å². The van der Waals surface area contributed by atoms with E-state index in [2.05, 4.69) is 12.2 Å². The van der Waals surface area contributed by atoms with Gasteiger partial charge in [-0.2, -0.15) is 0 Å². The van der Waals surface area contributed by atoms with Crippen LogP contribution in [0.15, 0.2) is 48.5 Å². The number of benzene rings is 2. The number of thioether (sulfide) groups is 1. The molecule has 0 bridgehead atoms. The molecular weight excluding hydrogens is 454 g/mol. The van der Waals surface area contributed by atoms with Crippen molar-refractivity contribution in [2.75, 3.05) is 20.8 Å². The lowest BCUT2D eigenvalue weighted by Gasteiger charge is -2.20. The van der Waals surface area contributed by atoms with Crippen LogP contribution in [0.4, 0.5) is 0 Å². The van der Waals surface area contributed by atoms with Gasteiger partial charge in [0.2, 0.25) is 5.91 Å². The number of ether oxygens (including phenoxy) is 3. The molecule has 0 aromatic heterocycles. The third kappa shape index (κ3) is 9.09. The number of amides is 1. The maximum atomic E-state index is 12.4. The van der Waals surface area contributed by atoms with Gasteiger partial charge in [0.1, 0.15) is 18.1 Å². The summed E-state index contributed by atoms with van der Waals surface area (Å²) >= 11 is 0.954. The highest BCUT2D eigenvalue weighted by Crippen LogP contribution is 2.24. The highest BCUT2D eigenvalue weighted by atomic mass is 32.2. The lowest BCUT2D eigenvalue weighted by atomic mass is 10.1. The quantitative estimate of drug-likeness (QED) is 0.224. The largest absolute Gasteiger partial charge is 0.497 e. The number of esters is 1. The number of rotatable bonds is 15. The molecule has 2 aromatic rings. The van der Waals surface area contributed by atoms with E-state index in [0.717, 1.165) is 47.9 Å². The highest BCUT2D eigenvalue weighted by molar-refractivity contribution is 8.13. The van der Waals surface area contributed by atoms with E-state index in [1.165, 1.54) is 0 Å². The summed E-state index contributed by atoms with van der Waals surface area (Å²) in [4.78, 5) is 35.1. The average Bonchev–Trinajstić information content (AvgIpc) is 2.86. The summed E-state index contributed by atoms with van der Waals surface area (Å²) in [6.07, 6.45) is 3.06. The molecule has 1 amide bonds. The standard InChI is InChI=1S/C26H33NO6S/c1-4-5-6-7-25(29)33-23(20-10-14-21(31-3)15-11-20)17-32-22-12-8-19(9-13-22)16-24(34-18-28)26(30)27-2/h8-15,18,23-24H,4-7,16-17H2,1-3H3,(H,27,30). The van der Waals surface area contributed by atoms with Crippen molar-refractivity contribution in [3.8, 4) is 11.5 Å². The van der Waals surface area contributed by atoms with Crippen LogP contribution in [-0.4, -0.2) is 43.5 Å². The second-order valence-electron chi connectivity index (χ2n) is 7.70. The summed E-state index contributed by atoms with van der Waals surface area (Å²) < 4.78 is 16.9. The number of methoxy groups -OCH3 is 1. The molecule has 0 aliphatic carbocycles. The monoisotopic (exact) mass is 487 g/mol. The molecule has 7 nitrogen and oxygen atoms in total. The fourth-order valence-corrected chi connectivity index (χ4v) is 3.96. The molecule has 2 atom stereocenters. The first-order valence-electron chi connectivity index (χ1n) is 11.4. The fourth-order valence-electron chi connectivity index (χ4n) is 3.29. The lowest BCUT2D eigenvalue weighted by Crippen LogP contribution is -2.31. The molecule has 0 radical (unpaired) electrons. The Morgan fingerprint density at radius 3 is 2.29 bits per heavy atom. The Balaban J connectivity index is 2.04. The van der Waals surface area contributed by atoms with Crippen LogP contribution in [0, 0.1) is 0 Å². The summed E-state index contributed by atoms with van der Waals surface area (Å²) in [5, 5.41) is 2.09. The van der Waals surface area contributed by atoms with Gasteiger partial charge < -0.3 is 19.5 Å². The second-order valence-corrected chi connectivity index (χ2v) is 8.74. The van der Waals surface area contributed by atoms with Crippen LogP contribution in [0.3, 0.4) is 0 Å². The van der Waals surface area contributed by atoms with Gasteiger partial charge in [0, 0.05) is 13.5 Å². The first-order valence-corrected chi connectivity index (χ1v) is 12.3. The summed E-state index contributed by atoms with van der Waals surface area (Å²) in [5.74, 6) is 0.890. The Labute approximate surface area is 205 Å². The van der Waals surface area contributed by atoms with Crippen LogP contribution in [0.25, 0.3) is 0 Å². The topological polar surface area (TPSA) is 90.9 Å². The molecular formula is C26H33NO6S. The maximum Gasteiger partial charge on any atom is 0.306 e. The van der Waals surface area contributed by atoms with Crippen molar-refractivity contribution >= 4 is 29.3 Å². The predicted octanol–water partition coefficient (Wildman–Crippen LogP) is 4.52. The Morgan fingerprint density at radius 2 is 1.71 bits per heavy atom. The van der Waals surface area contributed by atoms with E-state index in [4.69, 9.17) is 14.2 Å². The van der Waals surface area contributed by atoms with Gasteiger partial charge in [0.05, 0.1) is 12.4 Å². The first-order chi connectivity index (χ1) is 16.5. The van der Waals surface area contributed by atoms with Crippen molar-refractivity contribution < 1.29 is 28.6 Å². The van der Waals surface area contributed by atoms with Crippen molar-refractivity contribution in [3.05, 3.63) is 59.7 Å². The lowest BCUT2D eigenvalue weighted by molar-refractivity contribution is -0.151. The van der Waals surface area contributed by atoms with E-state index >= 15 is 0 Å². The van der Waals surface area contributed by atoms with Crippen LogP contribution in [-0.2, 0) is 25.5 Å². The fraction of sp³-hybridized carbons (Fsp3) is 0.423. The van der Waals surface area contributed by atoms with Crippen LogP contribution < -0.4 is 14.8 Å². The molecule has 0 aliphatic heterocycles. The van der Waals surface area contributed by atoms with Gasteiger partial charge in [0.15, 0.2) is 11.7 Å². The van der Waals surface area contributed by atoms with Gasteiger partial charge in [-0.25, -0.2) is 0 Å². The Bertz CT molecular complexity index is 901. The van der Waals surface area contributed by atoms with E-state index in [1.54, 1.807) is 26.3 Å². The van der Waals surface area contributed by atoms with E-state index in [0.29, 0.717) is 24.2 Å². The van der Waals surface area contributed by atoms with Gasteiger partial charge >= 0.3 is 5.97 Å². The molecule has 0 spiro atoms. The van der Waals surface area contributed by atoms with Crippen molar-refractivity contribution in [3.63, 3.8) is 0 Å². The molecule has 0 fully saturated rings. The first kappa shape index (κ1) is 27.2. The maximum absolute atomic E-state index is 12.4. The SMILES string of the molecule is CCCCCC(=O)OC(COc1ccc(CC(SC=O)C(=O)NC)cc1)c1ccc(OC)cc1. The van der Waals surface area contributed by atoms with E-state index in [9.17, 15) is 14.4 Å². The Hall–Kier alpha value is -3.00. The van der Waals surface area contributed by atoms with Crippen LogP contribution in [0.5, 0.6) is 11.5 Å². The number of carbonyl (C=O) groups excluding carboxylic acids is 3. The summed E-state index contributed by atoms with van der Waals surface area (Å²) in [6, 6.07) is 14.7. The number of hydrogen-bond donors (Lipinski definition) is 1. The van der Waals surface area contributed by atoms with E-state index in [1.807, 2.05) is 36.4 Å². The molecule has 2 unspecified atom stereocenters. The zero-order valence-electron chi connectivity index (χ0n) is 20.0. The van der Waals surface area contributed by atoms with Gasteiger partial charge in [-0.15, -0.1) is 0 Å². The Kier molecular flexibility index (Phi) is 12.0. The number of carbonyl (C=O) groups is 3. The smallest absolute Gasteiger partial charge is 0.306 e. The van der Waals surface area contributed by atoms with Crippen molar-refractivity contribution in [2.45, 2.75) is 50.4 Å². The van der Waals surface area contributed by atoms with E-state index in [-0.39, 0.29) is 18.5 Å². The highest BCUT2D eigenvalue weighted by Gasteiger charge is 2.20. The molecule has 2 aromatic carbocycles. The number of hydrogen-bond acceptors (Lipinski definition) is 7. The van der Waals surface area contributed by atoms with Gasteiger partial charge in [0.25, 0.3) is 0 Å². The minimum Gasteiger partial charge on any atom is -0.497 e. The molecule has 8 heteroatoms. The van der Waals surface area contributed by atoms with Crippen molar-refractivity contribution in [2.24, 2.45) is 0 Å². The van der Waals surface area contributed by atoms with Crippen LogP contribution >= 0.6 is 11.8 Å². The van der Waals surface area contributed by atoms with Crippen LogP contribution in [0.2, 0.25) is 0 Å². The minimum absolute atomic E-state index is 0.160. The van der Waals surface area contributed by atoms with Crippen LogP contribution in [0.1, 0.15) is 49.8 Å². The summed E-state index contributed by atoms with van der Waals surface area (Å²) in [5.41, 5.74) is 2.41. The third-order valence-electron chi connectivity index (χ3n) is 5.25. The molecule has 184 valence electrons. The summed E-state index contributed by atoms with van der Waals surface area (Å²) in [7, 11) is 3.15. The molecule has 0 heterocycles. The molecule has 0 saturated heterocycles. The number of unbranched alkanes of at least 4 members (excludes halogenated alkanes) is 2. The van der Waals surface area contributed by atoms with Gasteiger partial charge in [-0.3, -0.25) is 14.4 Å². The average molecular weight is 488 g/mol. The molecule has 2 rings (SSSR count). The van der Waals surface area contributed by atoms with Gasteiger partial charge in [-0.05, 0) is 48.2 Å². The Morgan fingerprint density at radius 1 is 1.03 bits per heavy atom. The molecule has 0 saturated carbocycles. The molecule has 0 aliphatic rings. The summed E-state index contributed by atoms with van der Waals surface area (Å²) in [6.45, 7) is 2.25. The predicted molar refractivity (Wildman–Crippen MR) is 134 cm³/mol. The number of nitrogens with one attached hydrogen (secondary N) is 1. The normalized spacial score (nSPS) is 12.3. The minimum atomic E-state index is -0.554. The zero-order valence-corrected chi connectivity index (χ0v) is 20.8. The van der Waals surface area contributed by atoms with Crippen molar-refractivity contribution in [1.29, 1.82) is 0 Å². The third-order valence-corrected chi connectivity index (χ3v) is 6.07.